The average Bonchev–Trinajstić information content (AvgIpc) is 3.17. The van der Waals surface area contributed by atoms with Crippen LogP contribution in [0.2, 0.25) is 0 Å². The fourth-order valence-electron chi connectivity index (χ4n) is 2.91. The molecule has 21 heavy (non-hydrogen) atoms. The van der Waals surface area contributed by atoms with Crippen molar-refractivity contribution < 1.29 is 4.79 Å². The van der Waals surface area contributed by atoms with Crippen molar-refractivity contribution in [1.29, 1.82) is 0 Å². The summed E-state index contributed by atoms with van der Waals surface area (Å²) in [6.45, 7) is 9.76. The van der Waals surface area contributed by atoms with Crippen LogP contribution >= 0.6 is 24.0 Å². The molecule has 2 aliphatic rings. The number of carbonyl (C=O) groups is 1. The molecule has 1 saturated carbocycles. The molecule has 2 unspecified atom stereocenters. The predicted molar refractivity (Wildman–Crippen MR) is 97.1 cm³/mol. The van der Waals surface area contributed by atoms with Crippen molar-refractivity contribution in [3.8, 4) is 0 Å². The number of halogens is 1. The molecule has 0 radical (unpaired) electrons. The molecule has 122 valence electrons. The van der Waals surface area contributed by atoms with E-state index < -0.39 is 0 Å². The van der Waals surface area contributed by atoms with Gasteiger partial charge in [-0.25, -0.2) is 4.99 Å². The number of guanidine groups is 1. The monoisotopic (exact) mass is 408 g/mol. The second-order valence-corrected chi connectivity index (χ2v) is 6.36. The van der Waals surface area contributed by atoms with Gasteiger partial charge in [0.2, 0.25) is 5.91 Å². The van der Waals surface area contributed by atoms with Gasteiger partial charge in [0.25, 0.3) is 0 Å². The molecular formula is C15H29IN4O. The first kappa shape index (κ1) is 18.5. The highest BCUT2D eigenvalue weighted by atomic mass is 127. The lowest BCUT2D eigenvalue weighted by Crippen LogP contribution is -2.48. The van der Waals surface area contributed by atoms with Crippen LogP contribution in [0.3, 0.4) is 0 Å². The third-order valence-electron chi connectivity index (χ3n) is 3.82. The summed E-state index contributed by atoms with van der Waals surface area (Å²) in [7, 11) is 0. The second-order valence-electron chi connectivity index (χ2n) is 6.36. The van der Waals surface area contributed by atoms with Gasteiger partial charge in [0.15, 0.2) is 5.96 Å². The molecule has 2 N–H and O–H groups in total. The maximum Gasteiger partial charge on any atom is 0.242 e. The van der Waals surface area contributed by atoms with Crippen molar-refractivity contribution in [2.24, 2.45) is 16.8 Å². The summed E-state index contributed by atoms with van der Waals surface area (Å²) in [4.78, 5) is 18.6. The lowest BCUT2D eigenvalue weighted by molar-refractivity contribution is -0.119. The molecule has 1 heterocycles. The average molecular weight is 408 g/mol. The van der Waals surface area contributed by atoms with E-state index in [0.29, 0.717) is 17.9 Å². The second kappa shape index (κ2) is 8.80. The van der Waals surface area contributed by atoms with Gasteiger partial charge in [0.1, 0.15) is 6.54 Å². The van der Waals surface area contributed by atoms with Crippen LogP contribution in [0, 0.1) is 11.8 Å². The largest absolute Gasteiger partial charge is 0.357 e. The van der Waals surface area contributed by atoms with Gasteiger partial charge in [-0.05, 0) is 38.0 Å². The van der Waals surface area contributed by atoms with Crippen LogP contribution in [-0.4, -0.2) is 49.0 Å². The van der Waals surface area contributed by atoms with Gasteiger partial charge in [-0.1, -0.05) is 13.8 Å². The zero-order valence-corrected chi connectivity index (χ0v) is 15.7. The molecule has 2 fully saturated rings. The molecule has 2 rings (SSSR count). The lowest BCUT2D eigenvalue weighted by Gasteiger charge is -2.37. The standard InChI is InChI=1S/C15H28N4O.HI/c1-4-16-15(17-8-14(20)18-13-5-6-13)19-9-11(2)7-12(3)10-19;/h11-13H,4-10H2,1-3H3,(H,16,17)(H,18,20);1H. The number of hydrogen-bond acceptors (Lipinski definition) is 2. The number of hydrogen-bond donors (Lipinski definition) is 2. The highest BCUT2D eigenvalue weighted by Gasteiger charge is 2.25. The van der Waals surface area contributed by atoms with Crippen LogP contribution in [0.5, 0.6) is 0 Å². The van der Waals surface area contributed by atoms with Crippen molar-refractivity contribution in [3.05, 3.63) is 0 Å². The van der Waals surface area contributed by atoms with Crippen molar-refractivity contribution in [2.75, 3.05) is 26.2 Å². The highest BCUT2D eigenvalue weighted by Crippen LogP contribution is 2.21. The minimum absolute atomic E-state index is 0. The maximum atomic E-state index is 11.7. The third-order valence-corrected chi connectivity index (χ3v) is 3.82. The molecule has 1 aliphatic heterocycles. The lowest BCUT2D eigenvalue weighted by atomic mass is 9.92. The van der Waals surface area contributed by atoms with E-state index in [1.807, 2.05) is 0 Å². The van der Waals surface area contributed by atoms with Crippen molar-refractivity contribution in [1.82, 2.24) is 15.5 Å². The van der Waals surface area contributed by atoms with Crippen molar-refractivity contribution >= 4 is 35.8 Å². The Kier molecular flexibility index (Phi) is 7.76. The molecule has 0 aromatic heterocycles. The number of amides is 1. The van der Waals surface area contributed by atoms with E-state index in [2.05, 4.69) is 41.3 Å². The van der Waals surface area contributed by atoms with E-state index in [4.69, 9.17) is 0 Å². The Hall–Kier alpha value is -0.530. The van der Waals surface area contributed by atoms with Crippen LogP contribution < -0.4 is 10.6 Å². The minimum atomic E-state index is 0. The Labute approximate surface area is 145 Å². The van der Waals surface area contributed by atoms with Gasteiger partial charge in [0.05, 0.1) is 0 Å². The zero-order chi connectivity index (χ0) is 14.5. The molecule has 0 aromatic rings. The van der Waals surface area contributed by atoms with Gasteiger partial charge in [-0.2, -0.15) is 0 Å². The summed E-state index contributed by atoms with van der Waals surface area (Å²) in [6, 6.07) is 0.412. The Morgan fingerprint density at radius 2 is 1.86 bits per heavy atom. The number of rotatable bonds is 4. The van der Waals surface area contributed by atoms with Crippen LogP contribution in [0.15, 0.2) is 4.99 Å². The Bertz CT molecular complexity index is 361. The summed E-state index contributed by atoms with van der Waals surface area (Å²) in [5.41, 5.74) is 0. The van der Waals surface area contributed by atoms with E-state index in [0.717, 1.165) is 38.4 Å². The van der Waals surface area contributed by atoms with Crippen molar-refractivity contribution in [3.63, 3.8) is 0 Å². The summed E-state index contributed by atoms with van der Waals surface area (Å²) in [5.74, 6) is 2.30. The molecule has 0 bridgehead atoms. The quantitative estimate of drug-likeness (QED) is 0.424. The van der Waals surface area contributed by atoms with E-state index in [-0.39, 0.29) is 36.4 Å². The SMILES string of the molecule is CCNC(=NCC(=O)NC1CC1)N1CC(C)CC(C)C1.I. The van der Waals surface area contributed by atoms with Gasteiger partial charge in [-0.15, -0.1) is 24.0 Å². The number of nitrogens with one attached hydrogen (secondary N) is 2. The first-order valence-electron chi connectivity index (χ1n) is 7.91. The van der Waals surface area contributed by atoms with E-state index in [1.165, 1.54) is 6.42 Å². The summed E-state index contributed by atoms with van der Waals surface area (Å²) < 4.78 is 0. The summed E-state index contributed by atoms with van der Waals surface area (Å²) >= 11 is 0. The fourth-order valence-corrected chi connectivity index (χ4v) is 2.91. The van der Waals surface area contributed by atoms with Gasteiger partial charge < -0.3 is 15.5 Å². The number of likely N-dealkylation sites (tertiary alicyclic amines) is 1. The molecule has 1 amide bonds. The van der Waals surface area contributed by atoms with Crippen LogP contribution in [0.25, 0.3) is 0 Å². The Morgan fingerprint density at radius 3 is 2.38 bits per heavy atom. The first-order chi connectivity index (χ1) is 9.58. The van der Waals surface area contributed by atoms with Crippen LogP contribution in [0.1, 0.15) is 40.0 Å². The first-order valence-corrected chi connectivity index (χ1v) is 7.91. The Morgan fingerprint density at radius 1 is 1.24 bits per heavy atom. The molecule has 0 aromatic carbocycles. The summed E-state index contributed by atoms with van der Waals surface area (Å²) in [5, 5.41) is 6.29. The number of aliphatic imine (C=N–C) groups is 1. The molecule has 6 heteroatoms. The van der Waals surface area contributed by atoms with E-state index >= 15 is 0 Å². The van der Waals surface area contributed by atoms with Crippen LogP contribution in [0.4, 0.5) is 0 Å². The van der Waals surface area contributed by atoms with E-state index in [1.54, 1.807) is 0 Å². The molecular weight excluding hydrogens is 379 g/mol. The zero-order valence-electron chi connectivity index (χ0n) is 13.4. The number of carbonyl (C=O) groups excluding carboxylic acids is 1. The molecule has 5 nitrogen and oxygen atoms in total. The highest BCUT2D eigenvalue weighted by molar-refractivity contribution is 14.0. The van der Waals surface area contributed by atoms with E-state index in [9.17, 15) is 4.79 Å². The fraction of sp³-hybridized carbons (Fsp3) is 0.867. The molecule has 1 aliphatic carbocycles. The smallest absolute Gasteiger partial charge is 0.242 e. The predicted octanol–water partition coefficient (Wildman–Crippen LogP) is 1.83. The maximum absolute atomic E-state index is 11.7. The van der Waals surface area contributed by atoms with Gasteiger partial charge in [0, 0.05) is 25.7 Å². The normalized spacial score (nSPS) is 26.0. The Balaban J connectivity index is 0.00000220. The molecule has 2 atom stereocenters. The summed E-state index contributed by atoms with van der Waals surface area (Å²) in [6.07, 6.45) is 3.52. The minimum Gasteiger partial charge on any atom is -0.357 e. The number of nitrogens with zero attached hydrogens (tertiary/aromatic N) is 2. The van der Waals surface area contributed by atoms with Crippen LogP contribution in [-0.2, 0) is 4.79 Å². The number of piperidine rings is 1. The van der Waals surface area contributed by atoms with Crippen molar-refractivity contribution in [2.45, 2.75) is 46.1 Å². The third kappa shape index (κ3) is 6.40. The molecule has 0 spiro atoms. The molecule has 1 saturated heterocycles. The van der Waals surface area contributed by atoms with Gasteiger partial charge >= 0.3 is 0 Å². The topological polar surface area (TPSA) is 56.7 Å². The van der Waals surface area contributed by atoms with Gasteiger partial charge in [-0.3, -0.25) is 4.79 Å².